The van der Waals surface area contributed by atoms with Gasteiger partial charge in [0.1, 0.15) is 0 Å². The Balaban J connectivity index is 1.77. The van der Waals surface area contributed by atoms with E-state index in [9.17, 15) is 4.79 Å². The number of hydrogen-bond donors (Lipinski definition) is 1. The van der Waals surface area contributed by atoms with Gasteiger partial charge in [-0.1, -0.05) is 19.8 Å². The number of thiazole rings is 1. The summed E-state index contributed by atoms with van der Waals surface area (Å²) >= 11 is 3.17. The number of carbonyl (C=O) groups is 1. The maximum absolute atomic E-state index is 10.9. The van der Waals surface area contributed by atoms with Gasteiger partial charge >= 0.3 is 5.97 Å². The Bertz CT molecular complexity index is 609. The number of hydrogen-bond acceptors (Lipinski definition) is 4. The van der Waals surface area contributed by atoms with E-state index >= 15 is 0 Å². The smallest absolute Gasteiger partial charge is 0.336 e. The third-order valence-corrected chi connectivity index (χ3v) is 5.95. The summed E-state index contributed by atoms with van der Waals surface area (Å²) in [6.07, 6.45) is 5.06. The summed E-state index contributed by atoms with van der Waals surface area (Å²) in [6.45, 7) is 2.32. The fourth-order valence-corrected chi connectivity index (χ4v) is 4.59. The number of carboxylic acid groups (broad SMARTS) is 1. The average molecular weight is 307 g/mol. The van der Waals surface area contributed by atoms with Crippen LogP contribution in [-0.2, 0) is 0 Å². The van der Waals surface area contributed by atoms with Gasteiger partial charge in [-0.15, -0.1) is 22.7 Å². The highest BCUT2D eigenvalue weighted by atomic mass is 32.1. The number of aromatic nitrogens is 1. The van der Waals surface area contributed by atoms with Gasteiger partial charge in [-0.3, -0.25) is 0 Å². The predicted octanol–water partition coefficient (Wildman–Crippen LogP) is 4.86. The van der Waals surface area contributed by atoms with E-state index in [1.165, 1.54) is 42.0 Å². The van der Waals surface area contributed by atoms with E-state index in [1.54, 1.807) is 22.8 Å². The van der Waals surface area contributed by atoms with Gasteiger partial charge in [0.2, 0.25) is 0 Å². The number of nitrogens with zero attached hydrogens (tertiary/aromatic N) is 1. The number of carboxylic acids is 1. The van der Waals surface area contributed by atoms with Crippen LogP contribution in [0.3, 0.4) is 0 Å². The Kier molecular flexibility index (Phi) is 3.89. The van der Waals surface area contributed by atoms with Crippen molar-refractivity contribution in [3.8, 4) is 10.6 Å². The van der Waals surface area contributed by atoms with Crippen molar-refractivity contribution in [3.63, 3.8) is 0 Å². The zero-order valence-corrected chi connectivity index (χ0v) is 13.0. The first kappa shape index (κ1) is 13.8. The van der Waals surface area contributed by atoms with Crippen LogP contribution in [0.1, 0.15) is 53.9 Å². The molecule has 0 atom stereocenters. The van der Waals surface area contributed by atoms with E-state index in [-0.39, 0.29) is 0 Å². The molecule has 3 rings (SSSR count). The second-order valence-corrected chi connectivity index (χ2v) is 7.33. The van der Waals surface area contributed by atoms with E-state index in [0.29, 0.717) is 11.5 Å². The van der Waals surface area contributed by atoms with Gasteiger partial charge in [-0.25, -0.2) is 9.78 Å². The number of thiophene rings is 1. The fourth-order valence-electron chi connectivity index (χ4n) is 2.68. The molecule has 1 saturated carbocycles. The van der Waals surface area contributed by atoms with Crippen molar-refractivity contribution >= 4 is 28.6 Å². The lowest BCUT2D eigenvalue weighted by Gasteiger charge is -2.24. The molecule has 0 aliphatic heterocycles. The number of rotatable bonds is 3. The molecule has 1 N–H and O–H groups in total. The fraction of sp³-hybridized carbons (Fsp3) is 0.467. The highest BCUT2D eigenvalue weighted by molar-refractivity contribution is 7.14. The van der Waals surface area contributed by atoms with Crippen LogP contribution < -0.4 is 0 Å². The van der Waals surface area contributed by atoms with E-state index in [1.807, 2.05) is 0 Å². The highest BCUT2D eigenvalue weighted by Gasteiger charge is 2.22. The summed E-state index contributed by atoms with van der Waals surface area (Å²) in [5.41, 5.74) is 1.28. The normalized spacial score (nSPS) is 22.9. The van der Waals surface area contributed by atoms with Crippen molar-refractivity contribution in [2.75, 3.05) is 0 Å². The number of aromatic carboxylic acids is 1. The molecule has 5 heteroatoms. The van der Waals surface area contributed by atoms with Gasteiger partial charge in [-0.05, 0) is 24.8 Å². The molecule has 2 aromatic heterocycles. The van der Waals surface area contributed by atoms with Gasteiger partial charge < -0.3 is 5.11 Å². The molecule has 0 spiro atoms. The second-order valence-electron chi connectivity index (χ2n) is 5.53. The van der Waals surface area contributed by atoms with Gasteiger partial charge in [0.15, 0.2) is 0 Å². The lowest BCUT2D eigenvalue weighted by molar-refractivity contribution is 0.0697. The summed E-state index contributed by atoms with van der Waals surface area (Å²) < 4.78 is 0. The van der Waals surface area contributed by atoms with Crippen LogP contribution in [-0.4, -0.2) is 16.1 Å². The molecule has 0 unspecified atom stereocenters. The first-order valence-corrected chi connectivity index (χ1v) is 8.67. The molecule has 0 amide bonds. The van der Waals surface area contributed by atoms with Crippen molar-refractivity contribution in [2.24, 2.45) is 5.92 Å². The van der Waals surface area contributed by atoms with Crippen LogP contribution in [0.4, 0.5) is 0 Å². The van der Waals surface area contributed by atoms with Gasteiger partial charge in [-0.2, -0.15) is 0 Å². The summed E-state index contributed by atoms with van der Waals surface area (Å²) in [5, 5.41) is 13.9. The second kappa shape index (κ2) is 5.66. The summed E-state index contributed by atoms with van der Waals surface area (Å²) in [6, 6.07) is 1.72. The molecule has 1 aliphatic rings. The summed E-state index contributed by atoms with van der Waals surface area (Å²) in [5.74, 6) is 0.578. The van der Waals surface area contributed by atoms with Crippen LogP contribution in [0.15, 0.2) is 16.8 Å². The topological polar surface area (TPSA) is 50.2 Å². The van der Waals surface area contributed by atoms with E-state index in [0.717, 1.165) is 16.5 Å². The van der Waals surface area contributed by atoms with Crippen LogP contribution in [0.2, 0.25) is 0 Å². The molecule has 0 saturated heterocycles. The van der Waals surface area contributed by atoms with Crippen molar-refractivity contribution in [2.45, 2.75) is 38.5 Å². The SMILES string of the molecule is CC1CCC(c2nc(-c3cc(C(=O)O)cs3)cs2)CC1. The summed E-state index contributed by atoms with van der Waals surface area (Å²) in [4.78, 5) is 16.6. The molecule has 1 fully saturated rings. The Morgan fingerprint density at radius 1 is 1.25 bits per heavy atom. The predicted molar refractivity (Wildman–Crippen MR) is 82.8 cm³/mol. The van der Waals surface area contributed by atoms with E-state index in [2.05, 4.69) is 12.3 Å². The quantitative estimate of drug-likeness (QED) is 0.880. The Morgan fingerprint density at radius 3 is 2.65 bits per heavy atom. The van der Waals surface area contributed by atoms with Crippen molar-refractivity contribution < 1.29 is 9.90 Å². The van der Waals surface area contributed by atoms with E-state index in [4.69, 9.17) is 10.1 Å². The Labute approximate surface area is 126 Å². The molecule has 20 heavy (non-hydrogen) atoms. The van der Waals surface area contributed by atoms with Crippen LogP contribution in [0.25, 0.3) is 10.6 Å². The molecule has 106 valence electrons. The molecule has 2 heterocycles. The summed E-state index contributed by atoms with van der Waals surface area (Å²) in [7, 11) is 0. The zero-order chi connectivity index (χ0) is 14.1. The molecule has 0 aromatic carbocycles. The Hall–Kier alpha value is -1.20. The Morgan fingerprint density at radius 2 is 2.00 bits per heavy atom. The van der Waals surface area contributed by atoms with Crippen LogP contribution in [0.5, 0.6) is 0 Å². The zero-order valence-electron chi connectivity index (χ0n) is 11.3. The van der Waals surface area contributed by atoms with Crippen LogP contribution in [0, 0.1) is 5.92 Å². The van der Waals surface area contributed by atoms with Crippen molar-refractivity contribution in [1.82, 2.24) is 4.98 Å². The lowest BCUT2D eigenvalue weighted by Crippen LogP contribution is -2.10. The molecular formula is C15H17NO2S2. The van der Waals surface area contributed by atoms with Crippen LogP contribution >= 0.6 is 22.7 Å². The van der Waals surface area contributed by atoms with Gasteiger partial charge in [0.05, 0.1) is 21.1 Å². The minimum atomic E-state index is -0.871. The maximum Gasteiger partial charge on any atom is 0.336 e. The third kappa shape index (κ3) is 2.79. The first-order chi connectivity index (χ1) is 9.63. The standard InChI is InChI=1S/C15H17NO2S2/c1-9-2-4-10(5-3-9)14-16-12(8-20-14)13-6-11(7-19-13)15(17)18/h6-10H,2-5H2,1H3,(H,17,18). The maximum atomic E-state index is 10.9. The van der Waals surface area contributed by atoms with Gasteiger partial charge in [0, 0.05) is 16.7 Å². The monoisotopic (exact) mass is 307 g/mol. The first-order valence-electron chi connectivity index (χ1n) is 6.91. The molecule has 0 radical (unpaired) electrons. The molecule has 0 bridgehead atoms. The molecule has 3 nitrogen and oxygen atoms in total. The molecule has 1 aliphatic carbocycles. The minimum Gasteiger partial charge on any atom is -0.478 e. The molecule has 2 aromatic rings. The lowest BCUT2D eigenvalue weighted by atomic mass is 9.83. The average Bonchev–Trinajstić information content (AvgIpc) is 3.08. The minimum absolute atomic E-state index is 0.353. The molecular weight excluding hydrogens is 290 g/mol. The third-order valence-electron chi connectivity index (χ3n) is 3.99. The van der Waals surface area contributed by atoms with Crippen molar-refractivity contribution in [3.05, 3.63) is 27.4 Å². The van der Waals surface area contributed by atoms with E-state index < -0.39 is 5.97 Å². The van der Waals surface area contributed by atoms with Gasteiger partial charge in [0.25, 0.3) is 0 Å². The largest absolute Gasteiger partial charge is 0.478 e. The van der Waals surface area contributed by atoms with Crippen molar-refractivity contribution in [1.29, 1.82) is 0 Å². The highest BCUT2D eigenvalue weighted by Crippen LogP contribution is 2.38.